The van der Waals surface area contributed by atoms with Crippen LogP contribution >= 0.6 is 12.4 Å². The third-order valence-electron chi connectivity index (χ3n) is 5.64. The number of nitrogens with two attached hydrogens (primary N) is 1. The number of carbonyl (C=O) groups excluding carboxylic acids is 3. The van der Waals surface area contributed by atoms with Crippen LogP contribution in [0.2, 0.25) is 0 Å². The second kappa shape index (κ2) is 8.85. The predicted molar refractivity (Wildman–Crippen MR) is 106 cm³/mol. The number of aryl methyl sites for hydroxylation is 1. The molecule has 1 heterocycles. The highest BCUT2D eigenvalue weighted by molar-refractivity contribution is 6.22. The Hall–Kier alpha value is -1.92. The van der Waals surface area contributed by atoms with Crippen molar-refractivity contribution in [3.05, 3.63) is 34.9 Å². The molecule has 1 aromatic rings. The largest absolute Gasteiger partial charge is 0.350 e. The van der Waals surface area contributed by atoms with Crippen LogP contribution in [0.1, 0.15) is 65.3 Å². The molecule has 27 heavy (non-hydrogen) atoms. The summed E-state index contributed by atoms with van der Waals surface area (Å²) in [6.07, 6.45) is 5.66. The maximum absolute atomic E-state index is 12.7. The second-order valence-electron chi connectivity index (χ2n) is 7.45. The molecule has 7 heteroatoms. The molecule has 0 radical (unpaired) electrons. The topological polar surface area (TPSA) is 92.5 Å². The van der Waals surface area contributed by atoms with Crippen LogP contribution in [0, 0.1) is 12.8 Å². The zero-order chi connectivity index (χ0) is 18.8. The Morgan fingerprint density at radius 1 is 1.19 bits per heavy atom. The fourth-order valence-electron chi connectivity index (χ4n) is 4.05. The van der Waals surface area contributed by atoms with Crippen LogP contribution in [0.25, 0.3) is 0 Å². The number of imide groups is 1. The summed E-state index contributed by atoms with van der Waals surface area (Å²) in [7, 11) is 0. The van der Waals surface area contributed by atoms with Gasteiger partial charge in [0.05, 0.1) is 11.1 Å². The maximum atomic E-state index is 12.7. The average molecular weight is 394 g/mol. The predicted octanol–water partition coefficient (Wildman–Crippen LogP) is 2.43. The summed E-state index contributed by atoms with van der Waals surface area (Å²) in [5.74, 6) is -0.764. The molecular formula is C20H28ClN3O3. The third kappa shape index (κ3) is 4.17. The standard InChI is InChI=1S/C20H27N3O3.ClH/c1-12-8-9-15-16(10-12)20(26)23(19(15)25)13(2)18(24)22-17(11-21)14-6-4-3-5-7-14;/h8-10,13-14,17H,3-7,11,21H2,1-2H3,(H,22,24);1H. The summed E-state index contributed by atoms with van der Waals surface area (Å²) < 4.78 is 0. The number of nitrogens with zero attached hydrogens (tertiary/aromatic N) is 1. The molecule has 1 saturated carbocycles. The zero-order valence-corrected chi connectivity index (χ0v) is 16.7. The lowest BCUT2D eigenvalue weighted by atomic mass is 9.84. The lowest BCUT2D eigenvalue weighted by Gasteiger charge is -2.32. The molecule has 0 spiro atoms. The van der Waals surface area contributed by atoms with Gasteiger partial charge in [-0.25, -0.2) is 0 Å². The first-order chi connectivity index (χ1) is 12.4. The van der Waals surface area contributed by atoms with Crippen molar-refractivity contribution in [2.75, 3.05) is 6.54 Å². The molecule has 2 unspecified atom stereocenters. The molecule has 1 aliphatic heterocycles. The molecule has 1 aliphatic carbocycles. The molecule has 148 valence electrons. The van der Waals surface area contributed by atoms with Gasteiger partial charge in [0.15, 0.2) is 0 Å². The quantitative estimate of drug-likeness (QED) is 0.751. The minimum absolute atomic E-state index is 0. The van der Waals surface area contributed by atoms with Gasteiger partial charge >= 0.3 is 0 Å². The highest BCUT2D eigenvalue weighted by Gasteiger charge is 2.41. The lowest BCUT2D eigenvalue weighted by Crippen LogP contribution is -2.53. The van der Waals surface area contributed by atoms with Crippen LogP contribution in [0.5, 0.6) is 0 Å². The summed E-state index contributed by atoms with van der Waals surface area (Å²) in [5, 5.41) is 2.98. The first-order valence-electron chi connectivity index (χ1n) is 9.43. The van der Waals surface area contributed by atoms with Gasteiger partial charge in [0, 0.05) is 12.6 Å². The first-order valence-corrected chi connectivity index (χ1v) is 9.43. The number of rotatable bonds is 5. The van der Waals surface area contributed by atoms with E-state index in [0.717, 1.165) is 36.1 Å². The summed E-state index contributed by atoms with van der Waals surface area (Å²) >= 11 is 0. The minimum Gasteiger partial charge on any atom is -0.350 e. The van der Waals surface area contributed by atoms with E-state index in [1.807, 2.05) is 6.92 Å². The molecule has 6 nitrogen and oxygen atoms in total. The SMILES string of the molecule is Cc1ccc2c(c1)C(=O)N(C(C)C(=O)NC(CN)C1CCCCC1)C2=O.Cl. The van der Waals surface area contributed by atoms with Gasteiger partial charge in [-0.15, -0.1) is 12.4 Å². The van der Waals surface area contributed by atoms with Gasteiger partial charge in [-0.2, -0.15) is 0 Å². The van der Waals surface area contributed by atoms with E-state index in [0.29, 0.717) is 23.6 Å². The summed E-state index contributed by atoms with van der Waals surface area (Å²) in [6.45, 7) is 3.83. The average Bonchev–Trinajstić information content (AvgIpc) is 2.89. The van der Waals surface area contributed by atoms with Crippen molar-refractivity contribution < 1.29 is 14.4 Å². The molecule has 1 fully saturated rings. The van der Waals surface area contributed by atoms with Crippen molar-refractivity contribution in [3.8, 4) is 0 Å². The van der Waals surface area contributed by atoms with Gasteiger partial charge in [-0.1, -0.05) is 30.9 Å². The number of hydrogen-bond acceptors (Lipinski definition) is 4. The molecule has 2 aliphatic rings. The fourth-order valence-corrected chi connectivity index (χ4v) is 4.05. The van der Waals surface area contributed by atoms with Crippen molar-refractivity contribution >= 4 is 30.1 Å². The van der Waals surface area contributed by atoms with Crippen molar-refractivity contribution in [2.24, 2.45) is 11.7 Å². The normalized spacial score (nSPS) is 19.3. The Labute approximate surface area is 166 Å². The molecular weight excluding hydrogens is 366 g/mol. The van der Waals surface area contributed by atoms with E-state index in [2.05, 4.69) is 5.32 Å². The molecule has 3 N–H and O–H groups in total. The molecule has 0 saturated heterocycles. The van der Waals surface area contributed by atoms with E-state index in [1.165, 1.54) is 6.42 Å². The van der Waals surface area contributed by atoms with Crippen LogP contribution in [0.15, 0.2) is 18.2 Å². The summed E-state index contributed by atoms with van der Waals surface area (Å²) in [5.41, 5.74) is 7.53. The molecule has 0 aromatic heterocycles. The second-order valence-corrected chi connectivity index (χ2v) is 7.45. The number of nitrogens with one attached hydrogen (secondary N) is 1. The summed E-state index contributed by atoms with van der Waals surface area (Å²) in [6, 6.07) is 4.18. The van der Waals surface area contributed by atoms with E-state index in [-0.39, 0.29) is 24.4 Å². The molecule has 1 aromatic carbocycles. The van der Waals surface area contributed by atoms with Crippen molar-refractivity contribution in [3.63, 3.8) is 0 Å². The molecule has 3 rings (SSSR count). The highest BCUT2D eigenvalue weighted by atomic mass is 35.5. The Kier molecular flexibility index (Phi) is 7.00. The first kappa shape index (κ1) is 21.4. The number of amides is 3. The van der Waals surface area contributed by atoms with Gasteiger partial charge in [0.25, 0.3) is 11.8 Å². The molecule has 0 bridgehead atoms. The minimum atomic E-state index is -0.861. The Morgan fingerprint density at radius 2 is 1.81 bits per heavy atom. The van der Waals surface area contributed by atoms with E-state index in [9.17, 15) is 14.4 Å². The number of fused-ring (bicyclic) bond motifs is 1. The van der Waals surface area contributed by atoms with Gasteiger partial charge < -0.3 is 11.1 Å². The monoisotopic (exact) mass is 393 g/mol. The van der Waals surface area contributed by atoms with Crippen LogP contribution in [-0.4, -0.2) is 41.2 Å². The van der Waals surface area contributed by atoms with Crippen LogP contribution < -0.4 is 11.1 Å². The number of hydrogen-bond donors (Lipinski definition) is 2. The van der Waals surface area contributed by atoms with E-state index < -0.39 is 17.9 Å². The van der Waals surface area contributed by atoms with Gasteiger partial charge in [0.2, 0.25) is 5.91 Å². The Bertz CT molecular complexity index is 731. The van der Waals surface area contributed by atoms with Gasteiger partial charge in [-0.05, 0) is 44.7 Å². The fraction of sp³-hybridized carbons (Fsp3) is 0.550. The highest BCUT2D eigenvalue weighted by Crippen LogP contribution is 2.28. The van der Waals surface area contributed by atoms with Crippen LogP contribution in [0.4, 0.5) is 0 Å². The van der Waals surface area contributed by atoms with Gasteiger partial charge in [-0.3, -0.25) is 19.3 Å². The summed E-state index contributed by atoms with van der Waals surface area (Å²) in [4.78, 5) is 39.1. The number of halogens is 1. The van der Waals surface area contributed by atoms with Crippen LogP contribution in [0.3, 0.4) is 0 Å². The van der Waals surface area contributed by atoms with E-state index in [4.69, 9.17) is 5.73 Å². The van der Waals surface area contributed by atoms with E-state index >= 15 is 0 Å². The zero-order valence-electron chi connectivity index (χ0n) is 15.9. The van der Waals surface area contributed by atoms with Crippen LogP contribution in [-0.2, 0) is 4.79 Å². The van der Waals surface area contributed by atoms with Gasteiger partial charge in [0.1, 0.15) is 6.04 Å². The Balaban J connectivity index is 0.00000261. The van der Waals surface area contributed by atoms with Crippen molar-refractivity contribution in [1.29, 1.82) is 0 Å². The van der Waals surface area contributed by atoms with Crippen molar-refractivity contribution in [2.45, 2.75) is 58.0 Å². The molecule has 3 amide bonds. The maximum Gasteiger partial charge on any atom is 0.262 e. The van der Waals surface area contributed by atoms with E-state index in [1.54, 1.807) is 25.1 Å². The van der Waals surface area contributed by atoms with Crippen molar-refractivity contribution in [1.82, 2.24) is 10.2 Å². The third-order valence-corrected chi connectivity index (χ3v) is 5.64. The lowest BCUT2D eigenvalue weighted by molar-refractivity contribution is -0.125. The number of carbonyl (C=O) groups is 3. The molecule has 2 atom stereocenters. The smallest absolute Gasteiger partial charge is 0.262 e. The Morgan fingerprint density at radius 3 is 2.44 bits per heavy atom. The number of benzene rings is 1.